The number of para-hydroxylation sites is 1. The first-order valence-electron chi connectivity index (χ1n) is 5.82. The summed E-state index contributed by atoms with van der Waals surface area (Å²) in [5.74, 6) is 0.583. The van der Waals surface area contributed by atoms with Crippen molar-refractivity contribution >= 4 is 17.3 Å². The molecule has 2 rings (SSSR count). The summed E-state index contributed by atoms with van der Waals surface area (Å²) in [7, 11) is 0. The van der Waals surface area contributed by atoms with Crippen molar-refractivity contribution in [2.45, 2.75) is 26.7 Å². The highest BCUT2D eigenvalue weighted by Crippen LogP contribution is 2.36. The van der Waals surface area contributed by atoms with E-state index in [4.69, 9.17) is 0 Å². The Kier molecular flexibility index (Phi) is 2.86. The minimum atomic E-state index is 0.156. The van der Waals surface area contributed by atoms with Gasteiger partial charge in [0.05, 0.1) is 17.9 Å². The first-order chi connectivity index (χ1) is 7.65. The number of nitrogens with zero attached hydrogens (tertiary/aromatic N) is 1. The summed E-state index contributed by atoms with van der Waals surface area (Å²) < 4.78 is 0. The van der Waals surface area contributed by atoms with Gasteiger partial charge in [-0.3, -0.25) is 4.79 Å². The molecule has 0 unspecified atom stereocenters. The topological polar surface area (TPSA) is 32.3 Å². The monoisotopic (exact) mass is 218 g/mol. The van der Waals surface area contributed by atoms with Crippen molar-refractivity contribution in [1.29, 1.82) is 0 Å². The predicted octanol–water partition coefficient (Wildman–Crippen LogP) is 2.59. The van der Waals surface area contributed by atoms with Crippen molar-refractivity contribution in [3.8, 4) is 0 Å². The minimum Gasteiger partial charge on any atom is -0.374 e. The number of benzene rings is 1. The predicted molar refractivity (Wildman–Crippen MR) is 67.0 cm³/mol. The molecule has 1 aromatic rings. The normalized spacial score (nSPS) is 15.0. The summed E-state index contributed by atoms with van der Waals surface area (Å²) in [4.78, 5) is 13.7. The summed E-state index contributed by atoms with van der Waals surface area (Å²) in [6, 6.07) is 6.19. The Bertz CT molecular complexity index is 412. The van der Waals surface area contributed by atoms with Crippen LogP contribution in [-0.4, -0.2) is 19.0 Å². The molecule has 1 amide bonds. The zero-order chi connectivity index (χ0) is 11.7. The second-order valence-corrected chi connectivity index (χ2v) is 4.39. The third kappa shape index (κ3) is 1.66. The molecular formula is C13H18N2O. The highest BCUT2D eigenvalue weighted by Gasteiger charge is 2.25. The van der Waals surface area contributed by atoms with Crippen LogP contribution in [0.4, 0.5) is 11.4 Å². The molecule has 0 fully saturated rings. The number of anilines is 2. The lowest BCUT2D eigenvalue weighted by Gasteiger charge is -2.32. The Morgan fingerprint density at radius 2 is 2.19 bits per heavy atom. The molecule has 0 atom stereocenters. The Hall–Kier alpha value is -1.51. The van der Waals surface area contributed by atoms with Crippen molar-refractivity contribution in [2.75, 3.05) is 23.3 Å². The van der Waals surface area contributed by atoms with E-state index in [2.05, 4.69) is 25.2 Å². The molecule has 0 bridgehead atoms. The van der Waals surface area contributed by atoms with Gasteiger partial charge in [-0.05, 0) is 24.5 Å². The Balaban J connectivity index is 2.56. The highest BCUT2D eigenvalue weighted by atomic mass is 16.2. The smallest absolute Gasteiger partial charge is 0.246 e. The molecule has 16 heavy (non-hydrogen) atoms. The number of amides is 1. The Morgan fingerprint density at radius 3 is 2.81 bits per heavy atom. The molecule has 1 aliphatic rings. The van der Waals surface area contributed by atoms with Crippen LogP contribution >= 0.6 is 0 Å². The zero-order valence-corrected chi connectivity index (χ0v) is 10.1. The number of fused-ring (bicyclic) bond motifs is 1. The SMILES string of the molecule is CCN1C(=O)CNc2cccc(C(C)C)c21. The maximum Gasteiger partial charge on any atom is 0.246 e. The number of rotatable bonds is 2. The number of carbonyl (C=O) groups excluding carboxylic acids is 1. The van der Waals surface area contributed by atoms with Crippen molar-refractivity contribution in [3.63, 3.8) is 0 Å². The summed E-state index contributed by atoms with van der Waals surface area (Å²) in [6.07, 6.45) is 0. The largest absolute Gasteiger partial charge is 0.374 e. The average molecular weight is 218 g/mol. The van der Waals surface area contributed by atoms with Crippen LogP contribution in [-0.2, 0) is 4.79 Å². The van der Waals surface area contributed by atoms with Crippen molar-refractivity contribution in [1.82, 2.24) is 0 Å². The van der Waals surface area contributed by atoms with Crippen LogP contribution in [0, 0.1) is 0 Å². The van der Waals surface area contributed by atoms with Gasteiger partial charge >= 0.3 is 0 Å². The fourth-order valence-corrected chi connectivity index (χ4v) is 2.20. The first kappa shape index (κ1) is 11.0. The highest BCUT2D eigenvalue weighted by molar-refractivity contribution is 6.03. The van der Waals surface area contributed by atoms with E-state index >= 15 is 0 Å². The third-order valence-electron chi connectivity index (χ3n) is 3.01. The lowest BCUT2D eigenvalue weighted by Crippen LogP contribution is -2.40. The lowest BCUT2D eigenvalue weighted by molar-refractivity contribution is -0.117. The molecule has 0 spiro atoms. The number of hydrogen-bond donors (Lipinski definition) is 1. The summed E-state index contributed by atoms with van der Waals surface area (Å²) in [5, 5.41) is 3.18. The van der Waals surface area contributed by atoms with Crippen molar-refractivity contribution < 1.29 is 4.79 Å². The average Bonchev–Trinajstić information content (AvgIpc) is 2.28. The molecule has 0 saturated carbocycles. The van der Waals surface area contributed by atoms with Gasteiger partial charge in [0.15, 0.2) is 0 Å². The molecule has 1 N–H and O–H groups in total. The Labute approximate surface area is 96.5 Å². The van der Waals surface area contributed by atoms with Crippen LogP contribution in [0.25, 0.3) is 0 Å². The molecule has 3 heteroatoms. The van der Waals surface area contributed by atoms with Crippen LogP contribution in [0.1, 0.15) is 32.3 Å². The van der Waals surface area contributed by atoms with Gasteiger partial charge in [0.25, 0.3) is 0 Å². The molecule has 0 aliphatic carbocycles. The van der Waals surface area contributed by atoms with E-state index in [1.807, 2.05) is 24.0 Å². The molecule has 3 nitrogen and oxygen atoms in total. The fraction of sp³-hybridized carbons (Fsp3) is 0.462. The Morgan fingerprint density at radius 1 is 1.44 bits per heavy atom. The van der Waals surface area contributed by atoms with E-state index in [9.17, 15) is 4.79 Å². The molecule has 0 saturated heterocycles. The summed E-state index contributed by atoms with van der Waals surface area (Å²) in [5.41, 5.74) is 3.38. The second kappa shape index (κ2) is 4.16. The van der Waals surface area contributed by atoms with Crippen molar-refractivity contribution in [3.05, 3.63) is 23.8 Å². The molecule has 86 valence electrons. The molecule has 1 heterocycles. The van der Waals surface area contributed by atoms with Crippen LogP contribution in [0.15, 0.2) is 18.2 Å². The maximum absolute atomic E-state index is 11.8. The van der Waals surface area contributed by atoms with E-state index in [1.54, 1.807) is 0 Å². The number of carbonyl (C=O) groups is 1. The van der Waals surface area contributed by atoms with Gasteiger partial charge in [-0.2, -0.15) is 0 Å². The van der Waals surface area contributed by atoms with Gasteiger partial charge in [0.2, 0.25) is 5.91 Å². The molecule has 0 aromatic heterocycles. The van der Waals surface area contributed by atoms with Crippen molar-refractivity contribution in [2.24, 2.45) is 0 Å². The molecule has 1 aromatic carbocycles. The summed E-state index contributed by atoms with van der Waals surface area (Å²) >= 11 is 0. The maximum atomic E-state index is 11.8. The third-order valence-corrected chi connectivity index (χ3v) is 3.01. The number of hydrogen-bond acceptors (Lipinski definition) is 2. The van der Waals surface area contributed by atoms with Gasteiger partial charge in [0, 0.05) is 6.54 Å². The fourth-order valence-electron chi connectivity index (χ4n) is 2.20. The molecule has 1 aliphatic heterocycles. The minimum absolute atomic E-state index is 0.156. The molecule has 0 radical (unpaired) electrons. The summed E-state index contributed by atoms with van der Waals surface area (Å²) in [6.45, 7) is 7.47. The van der Waals surface area contributed by atoms with Crippen LogP contribution in [0.5, 0.6) is 0 Å². The standard InChI is InChI=1S/C13H18N2O/c1-4-15-12(16)8-14-11-7-5-6-10(9(2)3)13(11)15/h5-7,9,14H,4,8H2,1-3H3. The van der Waals surface area contributed by atoms with E-state index < -0.39 is 0 Å². The van der Waals surface area contributed by atoms with Crippen LogP contribution < -0.4 is 10.2 Å². The van der Waals surface area contributed by atoms with Gasteiger partial charge in [0.1, 0.15) is 0 Å². The zero-order valence-electron chi connectivity index (χ0n) is 10.1. The number of nitrogens with one attached hydrogen (secondary N) is 1. The van der Waals surface area contributed by atoms with Gasteiger partial charge in [-0.1, -0.05) is 26.0 Å². The lowest BCUT2D eigenvalue weighted by atomic mass is 9.98. The van der Waals surface area contributed by atoms with Gasteiger partial charge in [-0.15, -0.1) is 0 Å². The molecular weight excluding hydrogens is 200 g/mol. The quantitative estimate of drug-likeness (QED) is 0.827. The van der Waals surface area contributed by atoms with E-state index in [0.29, 0.717) is 12.5 Å². The second-order valence-electron chi connectivity index (χ2n) is 4.39. The van der Waals surface area contributed by atoms with E-state index in [-0.39, 0.29) is 5.91 Å². The van der Waals surface area contributed by atoms with E-state index in [1.165, 1.54) is 5.56 Å². The number of likely N-dealkylation sites (N-methyl/N-ethyl adjacent to an activating group) is 1. The van der Waals surface area contributed by atoms with Crippen LogP contribution in [0.2, 0.25) is 0 Å². The van der Waals surface area contributed by atoms with Gasteiger partial charge in [-0.25, -0.2) is 0 Å². The first-order valence-corrected chi connectivity index (χ1v) is 5.82. The van der Waals surface area contributed by atoms with Crippen LogP contribution in [0.3, 0.4) is 0 Å². The van der Waals surface area contributed by atoms with Gasteiger partial charge < -0.3 is 10.2 Å². The van der Waals surface area contributed by atoms with E-state index in [0.717, 1.165) is 17.9 Å².